The van der Waals surface area contributed by atoms with E-state index < -0.39 is 0 Å². The summed E-state index contributed by atoms with van der Waals surface area (Å²) in [5, 5.41) is 9.74. The maximum Gasteiger partial charge on any atom is 0.103 e. The molecule has 0 aliphatic carbocycles. The minimum atomic E-state index is 0.367. The van der Waals surface area contributed by atoms with Gasteiger partial charge in [-0.3, -0.25) is 14.6 Å². The Kier molecular flexibility index (Phi) is 7.22. The lowest BCUT2D eigenvalue weighted by Crippen LogP contribution is -2.31. The van der Waals surface area contributed by atoms with Crippen molar-refractivity contribution >= 4 is 22.4 Å². The maximum atomic E-state index is 6.76. The van der Waals surface area contributed by atoms with E-state index in [2.05, 4.69) is 26.3 Å². The topological polar surface area (TPSA) is 124 Å². The molecule has 5 aromatic rings. The number of benzene rings is 1. The highest BCUT2D eigenvalue weighted by atomic mass is 15.4. The van der Waals surface area contributed by atoms with Crippen LogP contribution in [0.15, 0.2) is 85.3 Å². The summed E-state index contributed by atoms with van der Waals surface area (Å²) in [7, 11) is 0. The number of rotatable bonds is 7. The van der Waals surface area contributed by atoms with Crippen molar-refractivity contribution < 1.29 is 0 Å². The Morgan fingerprint density at radius 2 is 1.85 bits per heavy atom. The van der Waals surface area contributed by atoms with E-state index in [9.17, 15) is 0 Å². The fourth-order valence-corrected chi connectivity index (χ4v) is 5.16. The van der Waals surface area contributed by atoms with Crippen molar-refractivity contribution in [1.82, 2.24) is 35.1 Å². The summed E-state index contributed by atoms with van der Waals surface area (Å²) in [4.78, 5) is 14.3. The first-order valence-corrected chi connectivity index (χ1v) is 13.6. The van der Waals surface area contributed by atoms with Crippen LogP contribution in [0.2, 0.25) is 0 Å². The highest BCUT2D eigenvalue weighted by Gasteiger charge is 2.19. The van der Waals surface area contributed by atoms with Gasteiger partial charge in [0.2, 0.25) is 0 Å². The van der Waals surface area contributed by atoms with Crippen LogP contribution in [0.25, 0.3) is 33.6 Å². The quantitative estimate of drug-likeness (QED) is 0.210. The first-order chi connectivity index (χ1) is 19.5. The first kappa shape index (κ1) is 25.7. The monoisotopic (exact) mass is 531 g/mol. The van der Waals surface area contributed by atoms with Crippen molar-refractivity contribution in [2.75, 3.05) is 13.1 Å². The van der Waals surface area contributed by atoms with E-state index in [1.54, 1.807) is 5.01 Å². The number of hydrogen-bond donors (Lipinski definition) is 3. The molecule has 1 fully saturated rings. The highest BCUT2D eigenvalue weighted by Crippen LogP contribution is 2.28. The van der Waals surface area contributed by atoms with Gasteiger partial charge in [0.25, 0.3) is 0 Å². The normalized spacial score (nSPS) is 16.1. The molecule has 0 bridgehead atoms. The molecule has 1 aromatic carbocycles. The third kappa shape index (κ3) is 5.42. The zero-order chi connectivity index (χ0) is 27.5. The van der Waals surface area contributed by atoms with Crippen LogP contribution in [-0.2, 0) is 6.54 Å². The summed E-state index contributed by atoms with van der Waals surface area (Å²) in [5.74, 6) is 6.69. The molecule has 4 aromatic heterocycles. The molecule has 202 valence electrons. The van der Waals surface area contributed by atoms with Gasteiger partial charge in [0.1, 0.15) is 5.70 Å². The Bertz CT molecular complexity index is 1650. The zero-order valence-electron chi connectivity index (χ0n) is 22.5. The summed E-state index contributed by atoms with van der Waals surface area (Å²) in [6.45, 7) is 4.40. The molecule has 1 atom stereocenters. The van der Waals surface area contributed by atoms with Crippen LogP contribution in [-0.4, -0.2) is 42.8 Å². The summed E-state index contributed by atoms with van der Waals surface area (Å²) in [5.41, 5.74) is 14.5. The van der Waals surface area contributed by atoms with Crippen LogP contribution in [0.5, 0.6) is 0 Å². The summed E-state index contributed by atoms with van der Waals surface area (Å²) >= 11 is 0. The van der Waals surface area contributed by atoms with E-state index in [4.69, 9.17) is 21.5 Å². The summed E-state index contributed by atoms with van der Waals surface area (Å²) < 4.78 is 2.06. The van der Waals surface area contributed by atoms with Gasteiger partial charge in [0, 0.05) is 35.8 Å². The van der Waals surface area contributed by atoms with E-state index in [0.29, 0.717) is 35.4 Å². The molecule has 5 N–H and O–H groups in total. The van der Waals surface area contributed by atoms with E-state index in [1.165, 1.54) is 0 Å². The zero-order valence-corrected chi connectivity index (χ0v) is 22.5. The number of hydrogen-bond acceptors (Lipinski definition) is 8. The average Bonchev–Trinajstić information content (AvgIpc) is 3.48. The largest absolute Gasteiger partial charge is 0.395 e. The van der Waals surface area contributed by atoms with Gasteiger partial charge in [0.05, 0.1) is 46.9 Å². The Balaban J connectivity index is 1.39. The molecule has 0 saturated carbocycles. The van der Waals surface area contributed by atoms with Crippen LogP contribution in [0.1, 0.15) is 41.5 Å². The molecule has 0 spiro atoms. The molecule has 0 radical (unpaired) electrons. The minimum Gasteiger partial charge on any atom is -0.395 e. The second kappa shape index (κ2) is 11.3. The third-order valence-corrected chi connectivity index (χ3v) is 7.26. The van der Waals surface area contributed by atoms with Gasteiger partial charge in [-0.1, -0.05) is 36.4 Å². The molecule has 9 heteroatoms. The molecule has 0 amide bonds. The van der Waals surface area contributed by atoms with E-state index in [1.807, 2.05) is 86.0 Å². The van der Waals surface area contributed by atoms with Gasteiger partial charge in [-0.15, -0.1) is 0 Å². The number of nitrogens with two attached hydrogens (primary N) is 2. The fourth-order valence-electron chi connectivity index (χ4n) is 5.16. The van der Waals surface area contributed by atoms with Gasteiger partial charge in [0.15, 0.2) is 0 Å². The highest BCUT2D eigenvalue weighted by molar-refractivity contribution is 5.88. The molecule has 1 saturated heterocycles. The van der Waals surface area contributed by atoms with Crippen LogP contribution < -0.4 is 16.9 Å². The Labute approximate surface area is 233 Å². The van der Waals surface area contributed by atoms with Crippen molar-refractivity contribution in [2.24, 2.45) is 11.6 Å². The van der Waals surface area contributed by atoms with Crippen molar-refractivity contribution in [3.63, 3.8) is 0 Å². The van der Waals surface area contributed by atoms with Crippen LogP contribution >= 0.6 is 0 Å². The van der Waals surface area contributed by atoms with Crippen LogP contribution in [0.4, 0.5) is 0 Å². The lowest BCUT2D eigenvalue weighted by Gasteiger charge is -2.24. The number of nitrogens with zero attached hydrogens (tertiary/aromatic N) is 6. The van der Waals surface area contributed by atoms with E-state index in [-0.39, 0.29) is 0 Å². The molecule has 1 aliphatic heterocycles. The number of aromatic nitrogens is 5. The smallest absolute Gasteiger partial charge is 0.103 e. The number of piperidine rings is 1. The van der Waals surface area contributed by atoms with Crippen molar-refractivity contribution in [1.29, 1.82) is 0 Å². The molecule has 5 heterocycles. The fraction of sp³-hybridized carbons (Fsp3) is 0.226. The molecule has 6 rings (SSSR count). The SMILES string of the molecule is Cc1cccc(/C(N)=C(\c2ccc3ncc(-c4cnn(C5CCCNC5)c4)cc3n2)N(N)Cc2ccccc2)n1. The second-order valence-corrected chi connectivity index (χ2v) is 10.2. The molecule has 1 aliphatic rings. The third-order valence-electron chi connectivity index (χ3n) is 7.26. The van der Waals surface area contributed by atoms with Gasteiger partial charge < -0.3 is 16.1 Å². The number of fused-ring (bicyclic) bond motifs is 1. The Morgan fingerprint density at radius 1 is 0.975 bits per heavy atom. The number of nitrogens with one attached hydrogen (secondary N) is 1. The van der Waals surface area contributed by atoms with Gasteiger partial charge in [-0.2, -0.15) is 5.10 Å². The van der Waals surface area contributed by atoms with Crippen molar-refractivity contribution in [3.05, 3.63) is 108 Å². The second-order valence-electron chi connectivity index (χ2n) is 10.2. The average molecular weight is 532 g/mol. The lowest BCUT2D eigenvalue weighted by molar-refractivity contribution is 0.347. The molecule has 9 nitrogen and oxygen atoms in total. The van der Waals surface area contributed by atoms with Gasteiger partial charge >= 0.3 is 0 Å². The first-order valence-electron chi connectivity index (χ1n) is 13.6. The van der Waals surface area contributed by atoms with Crippen molar-refractivity contribution in [3.8, 4) is 11.1 Å². The van der Waals surface area contributed by atoms with Crippen molar-refractivity contribution in [2.45, 2.75) is 32.4 Å². The van der Waals surface area contributed by atoms with E-state index >= 15 is 0 Å². The molecule has 40 heavy (non-hydrogen) atoms. The maximum absolute atomic E-state index is 6.76. The lowest BCUT2D eigenvalue weighted by atomic mass is 10.1. The van der Waals surface area contributed by atoms with Gasteiger partial charge in [-0.05, 0) is 62.2 Å². The standard InChI is InChI=1S/C31H33N9/c1-21-7-5-11-27(37-21)30(32)31(39(33)19-22-8-3-2-4-9-22)28-13-12-26-29(38-28)15-23(16-35-26)24-17-36-40(20-24)25-10-6-14-34-18-25/h2-5,7-9,11-13,15-17,20,25,34H,6,10,14,18-19,32-33H2,1H3/b31-30-. The predicted molar refractivity (Wildman–Crippen MR) is 158 cm³/mol. The molecule has 1 unspecified atom stereocenters. The van der Waals surface area contributed by atoms with Crippen LogP contribution in [0, 0.1) is 6.92 Å². The van der Waals surface area contributed by atoms with Gasteiger partial charge in [-0.25, -0.2) is 10.8 Å². The summed E-state index contributed by atoms with van der Waals surface area (Å²) in [6, 6.07) is 22.1. The molecular formula is C31H33N9. The number of pyridine rings is 3. The van der Waals surface area contributed by atoms with Crippen LogP contribution in [0.3, 0.4) is 0 Å². The number of aryl methyl sites for hydroxylation is 1. The number of hydrazine groups is 1. The Morgan fingerprint density at radius 3 is 2.65 bits per heavy atom. The molecular weight excluding hydrogens is 498 g/mol. The minimum absolute atomic E-state index is 0.367. The predicted octanol–water partition coefficient (Wildman–Crippen LogP) is 4.28. The van der Waals surface area contributed by atoms with E-state index in [0.717, 1.165) is 59.3 Å². The Hall–Kier alpha value is -4.60. The summed E-state index contributed by atoms with van der Waals surface area (Å²) in [6.07, 6.45) is 8.15.